The molecule has 3 rings (SSSR count). The number of H-pyrrole nitrogens is 1. The molecule has 0 saturated carbocycles. The molecule has 0 bridgehead atoms. The van der Waals surface area contributed by atoms with Gasteiger partial charge in [-0.2, -0.15) is 0 Å². The van der Waals surface area contributed by atoms with Crippen molar-refractivity contribution in [1.29, 1.82) is 0 Å². The van der Waals surface area contributed by atoms with E-state index in [4.69, 9.17) is 9.15 Å². The van der Waals surface area contributed by atoms with Gasteiger partial charge in [-0.15, -0.1) is 10.2 Å². The second-order valence-electron chi connectivity index (χ2n) is 5.09. The zero-order chi connectivity index (χ0) is 15.4. The van der Waals surface area contributed by atoms with Crippen LogP contribution in [0.15, 0.2) is 34.9 Å². The van der Waals surface area contributed by atoms with E-state index in [2.05, 4.69) is 21.2 Å². The van der Waals surface area contributed by atoms with E-state index >= 15 is 0 Å². The van der Waals surface area contributed by atoms with Crippen LogP contribution >= 0.6 is 0 Å². The highest BCUT2D eigenvalue weighted by atomic mass is 16.5. The van der Waals surface area contributed by atoms with Crippen LogP contribution < -0.4 is 0 Å². The molecule has 1 aromatic carbocycles. The Balaban J connectivity index is 1.45. The largest absolute Gasteiger partial charge is 0.456 e. The van der Waals surface area contributed by atoms with E-state index in [0.717, 1.165) is 18.4 Å². The SMILES string of the molecule is Cc1nnc(COC(=O)CCCc2c[nH]c3ccccc23)o1. The van der Waals surface area contributed by atoms with Gasteiger partial charge in [-0.1, -0.05) is 18.2 Å². The lowest BCUT2D eigenvalue weighted by Gasteiger charge is -2.02. The fourth-order valence-electron chi connectivity index (χ4n) is 2.37. The van der Waals surface area contributed by atoms with Gasteiger partial charge in [-0.25, -0.2) is 0 Å². The van der Waals surface area contributed by atoms with Crippen molar-refractivity contribution in [2.45, 2.75) is 32.8 Å². The van der Waals surface area contributed by atoms with Crippen molar-refractivity contribution in [3.63, 3.8) is 0 Å². The lowest BCUT2D eigenvalue weighted by Crippen LogP contribution is -2.05. The molecule has 2 aromatic heterocycles. The van der Waals surface area contributed by atoms with Crippen LogP contribution in [-0.2, 0) is 22.6 Å². The van der Waals surface area contributed by atoms with Crippen LogP contribution in [0.3, 0.4) is 0 Å². The van der Waals surface area contributed by atoms with Gasteiger partial charge in [-0.3, -0.25) is 4.79 Å². The lowest BCUT2D eigenvalue weighted by atomic mass is 10.1. The summed E-state index contributed by atoms with van der Waals surface area (Å²) in [7, 11) is 0. The molecule has 6 nitrogen and oxygen atoms in total. The molecular weight excluding hydrogens is 282 g/mol. The number of hydrogen-bond acceptors (Lipinski definition) is 5. The molecule has 0 aliphatic heterocycles. The van der Waals surface area contributed by atoms with Gasteiger partial charge in [0.15, 0.2) is 6.61 Å². The molecule has 3 aromatic rings. The second kappa shape index (κ2) is 6.43. The van der Waals surface area contributed by atoms with Crippen LogP contribution in [0.1, 0.15) is 30.2 Å². The van der Waals surface area contributed by atoms with Gasteiger partial charge < -0.3 is 14.1 Å². The fraction of sp³-hybridized carbons (Fsp3) is 0.312. The van der Waals surface area contributed by atoms with Crippen LogP contribution in [-0.4, -0.2) is 21.2 Å². The van der Waals surface area contributed by atoms with E-state index in [-0.39, 0.29) is 12.6 Å². The Bertz CT molecular complexity index is 776. The monoisotopic (exact) mass is 299 g/mol. The highest BCUT2D eigenvalue weighted by Crippen LogP contribution is 2.19. The standard InChI is InChI=1S/C16H17N3O3/c1-11-18-19-15(22-11)10-21-16(20)8-4-5-12-9-17-14-7-3-2-6-13(12)14/h2-3,6-7,9,17H,4-5,8,10H2,1H3. The van der Waals surface area contributed by atoms with Crippen molar-refractivity contribution in [1.82, 2.24) is 15.2 Å². The molecule has 114 valence electrons. The van der Waals surface area contributed by atoms with Crippen molar-refractivity contribution >= 4 is 16.9 Å². The Kier molecular flexibility index (Phi) is 4.18. The molecule has 0 radical (unpaired) electrons. The molecule has 0 unspecified atom stereocenters. The van der Waals surface area contributed by atoms with Gasteiger partial charge in [0.2, 0.25) is 5.89 Å². The molecule has 0 aliphatic carbocycles. The first-order valence-electron chi connectivity index (χ1n) is 7.22. The smallest absolute Gasteiger partial charge is 0.306 e. The molecule has 0 fully saturated rings. The number of aromatic nitrogens is 3. The van der Waals surface area contributed by atoms with Gasteiger partial charge in [-0.05, 0) is 24.5 Å². The van der Waals surface area contributed by atoms with Crippen molar-refractivity contribution in [2.24, 2.45) is 0 Å². The molecule has 6 heteroatoms. The average molecular weight is 299 g/mol. The molecular formula is C16H17N3O3. The number of esters is 1. The minimum Gasteiger partial charge on any atom is -0.456 e. The predicted octanol–water partition coefficient (Wildman–Crippen LogP) is 2.93. The Labute approximate surface area is 127 Å². The number of aryl methyl sites for hydroxylation is 2. The number of nitrogens with one attached hydrogen (secondary N) is 1. The van der Waals surface area contributed by atoms with Crippen molar-refractivity contribution < 1.29 is 13.9 Å². The van der Waals surface area contributed by atoms with Crippen molar-refractivity contribution in [3.05, 3.63) is 47.8 Å². The maximum absolute atomic E-state index is 11.7. The summed E-state index contributed by atoms with van der Waals surface area (Å²) in [5.74, 6) is 0.531. The minimum atomic E-state index is -0.254. The number of hydrogen-bond donors (Lipinski definition) is 1. The first-order chi connectivity index (χ1) is 10.7. The highest BCUT2D eigenvalue weighted by molar-refractivity contribution is 5.83. The summed E-state index contributed by atoms with van der Waals surface area (Å²) in [6.07, 6.45) is 3.94. The van der Waals surface area contributed by atoms with Gasteiger partial charge >= 0.3 is 5.97 Å². The quantitative estimate of drug-likeness (QED) is 0.708. The summed E-state index contributed by atoms with van der Waals surface area (Å²) in [5.41, 5.74) is 2.34. The van der Waals surface area contributed by atoms with Crippen LogP contribution in [0.25, 0.3) is 10.9 Å². The first-order valence-corrected chi connectivity index (χ1v) is 7.22. The van der Waals surface area contributed by atoms with Crippen molar-refractivity contribution in [2.75, 3.05) is 0 Å². The third kappa shape index (κ3) is 3.33. The highest BCUT2D eigenvalue weighted by Gasteiger charge is 2.09. The van der Waals surface area contributed by atoms with Gasteiger partial charge in [0, 0.05) is 30.4 Å². The zero-order valence-corrected chi connectivity index (χ0v) is 12.3. The Hall–Kier alpha value is -2.63. The third-order valence-corrected chi connectivity index (χ3v) is 3.43. The topological polar surface area (TPSA) is 81.0 Å². The third-order valence-electron chi connectivity index (χ3n) is 3.43. The van der Waals surface area contributed by atoms with E-state index in [9.17, 15) is 4.79 Å². The van der Waals surface area contributed by atoms with E-state index in [1.54, 1.807) is 6.92 Å². The van der Waals surface area contributed by atoms with Gasteiger partial charge in [0.1, 0.15) is 0 Å². The molecule has 2 heterocycles. The number of ether oxygens (including phenoxy) is 1. The zero-order valence-electron chi connectivity index (χ0n) is 12.3. The summed E-state index contributed by atoms with van der Waals surface area (Å²) >= 11 is 0. The van der Waals surface area contributed by atoms with Crippen LogP contribution in [0.5, 0.6) is 0 Å². The molecule has 1 N–H and O–H groups in total. The van der Waals surface area contributed by atoms with E-state index in [1.807, 2.05) is 24.4 Å². The number of rotatable bonds is 6. The number of para-hydroxylation sites is 1. The van der Waals surface area contributed by atoms with Crippen LogP contribution in [0.2, 0.25) is 0 Å². The summed E-state index contributed by atoms with van der Waals surface area (Å²) in [5, 5.41) is 8.66. The number of nitrogens with zero attached hydrogens (tertiary/aromatic N) is 2. The van der Waals surface area contributed by atoms with Crippen LogP contribution in [0, 0.1) is 6.92 Å². The Morgan fingerprint density at radius 3 is 3.00 bits per heavy atom. The molecule has 0 aliphatic rings. The lowest BCUT2D eigenvalue weighted by molar-refractivity contribution is -0.145. The fourth-order valence-corrected chi connectivity index (χ4v) is 2.37. The maximum atomic E-state index is 11.7. The molecule has 0 saturated heterocycles. The minimum absolute atomic E-state index is 0.0345. The number of aromatic amines is 1. The molecule has 0 amide bonds. The van der Waals surface area contributed by atoms with E-state index < -0.39 is 0 Å². The summed E-state index contributed by atoms with van der Waals surface area (Å²) in [6, 6.07) is 8.14. The first kappa shape index (κ1) is 14.3. The number of carbonyl (C=O) groups excluding carboxylic acids is 1. The maximum Gasteiger partial charge on any atom is 0.306 e. The molecule has 22 heavy (non-hydrogen) atoms. The van der Waals surface area contributed by atoms with E-state index in [1.165, 1.54) is 10.9 Å². The summed E-state index contributed by atoms with van der Waals surface area (Å²) < 4.78 is 10.2. The Morgan fingerprint density at radius 2 is 2.18 bits per heavy atom. The normalized spacial score (nSPS) is 11.0. The number of carbonyl (C=O) groups is 1. The second-order valence-corrected chi connectivity index (χ2v) is 5.09. The predicted molar refractivity (Wildman–Crippen MR) is 80.1 cm³/mol. The number of benzene rings is 1. The van der Waals surface area contributed by atoms with Crippen molar-refractivity contribution in [3.8, 4) is 0 Å². The number of fused-ring (bicyclic) bond motifs is 1. The average Bonchev–Trinajstić information content (AvgIpc) is 3.12. The Morgan fingerprint density at radius 1 is 1.32 bits per heavy atom. The molecule has 0 atom stereocenters. The van der Waals surface area contributed by atoms with Crippen LogP contribution in [0.4, 0.5) is 0 Å². The molecule has 0 spiro atoms. The van der Waals surface area contributed by atoms with E-state index in [0.29, 0.717) is 18.2 Å². The summed E-state index contributed by atoms with van der Waals surface area (Å²) in [4.78, 5) is 14.9. The summed E-state index contributed by atoms with van der Waals surface area (Å²) in [6.45, 7) is 1.73. The van der Waals surface area contributed by atoms with Gasteiger partial charge in [0.05, 0.1) is 0 Å². The van der Waals surface area contributed by atoms with Gasteiger partial charge in [0.25, 0.3) is 5.89 Å².